The molecule has 80 valence electrons. The van der Waals surface area contributed by atoms with Gasteiger partial charge < -0.3 is 5.32 Å². The van der Waals surface area contributed by atoms with Gasteiger partial charge >= 0.3 is 0 Å². The third kappa shape index (κ3) is 5.32. The van der Waals surface area contributed by atoms with Crippen molar-refractivity contribution in [2.75, 3.05) is 6.54 Å². The monoisotopic (exact) mass is 268 g/mol. The fourth-order valence-electron chi connectivity index (χ4n) is 1.09. The fourth-order valence-corrected chi connectivity index (χ4v) is 1.23. The van der Waals surface area contributed by atoms with Crippen molar-refractivity contribution < 1.29 is 4.79 Å². The Balaban J connectivity index is 2.26. The van der Waals surface area contributed by atoms with Gasteiger partial charge in [-0.2, -0.15) is 0 Å². The standard InChI is InChI=1S/C11H13BrN2O/c1-9(12)8-14-11(15)3-2-10-4-6-13-7-5-10/h4-7H,1-3,8H2,(H,14,15). The maximum Gasteiger partial charge on any atom is 0.220 e. The van der Waals surface area contributed by atoms with Gasteiger partial charge in [0.1, 0.15) is 0 Å². The van der Waals surface area contributed by atoms with Crippen LogP contribution in [0.15, 0.2) is 35.6 Å². The SMILES string of the molecule is C=C(Br)CNC(=O)CCc1ccncc1. The topological polar surface area (TPSA) is 42.0 Å². The number of aryl methyl sites for hydroxylation is 1. The Labute approximate surface area is 97.7 Å². The Hall–Kier alpha value is -1.16. The number of halogens is 1. The Morgan fingerprint density at radius 1 is 1.47 bits per heavy atom. The van der Waals surface area contributed by atoms with E-state index >= 15 is 0 Å². The van der Waals surface area contributed by atoms with Crippen LogP contribution in [0.2, 0.25) is 0 Å². The summed E-state index contributed by atoms with van der Waals surface area (Å²) < 4.78 is 0.778. The molecule has 1 amide bonds. The summed E-state index contributed by atoms with van der Waals surface area (Å²) in [5.74, 6) is 0.0346. The van der Waals surface area contributed by atoms with Crippen LogP contribution in [0.5, 0.6) is 0 Å². The van der Waals surface area contributed by atoms with E-state index in [0.29, 0.717) is 13.0 Å². The molecule has 0 saturated heterocycles. The molecule has 1 heterocycles. The zero-order valence-corrected chi connectivity index (χ0v) is 9.96. The molecule has 0 aliphatic carbocycles. The molecule has 15 heavy (non-hydrogen) atoms. The quantitative estimate of drug-likeness (QED) is 0.888. The molecule has 0 aliphatic rings. The molecule has 0 aromatic carbocycles. The second-order valence-corrected chi connectivity index (χ2v) is 4.27. The zero-order valence-electron chi connectivity index (χ0n) is 8.37. The van der Waals surface area contributed by atoms with Crippen molar-refractivity contribution in [2.45, 2.75) is 12.8 Å². The van der Waals surface area contributed by atoms with E-state index in [2.05, 4.69) is 32.8 Å². The molecule has 0 unspecified atom stereocenters. The maximum absolute atomic E-state index is 11.3. The molecule has 0 atom stereocenters. The van der Waals surface area contributed by atoms with E-state index < -0.39 is 0 Å². The molecule has 0 spiro atoms. The summed E-state index contributed by atoms with van der Waals surface area (Å²) in [4.78, 5) is 15.2. The number of carbonyl (C=O) groups is 1. The number of carbonyl (C=O) groups excluding carboxylic acids is 1. The van der Waals surface area contributed by atoms with Crippen LogP contribution in [-0.2, 0) is 11.2 Å². The summed E-state index contributed by atoms with van der Waals surface area (Å²) in [6, 6.07) is 3.83. The van der Waals surface area contributed by atoms with E-state index in [1.54, 1.807) is 12.4 Å². The normalized spacial score (nSPS) is 9.67. The van der Waals surface area contributed by atoms with Gasteiger partial charge in [0.2, 0.25) is 5.91 Å². The molecule has 1 aromatic rings. The van der Waals surface area contributed by atoms with E-state index in [9.17, 15) is 4.79 Å². The first kappa shape index (κ1) is 11.9. The van der Waals surface area contributed by atoms with Crippen LogP contribution in [0, 0.1) is 0 Å². The molecular weight excluding hydrogens is 256 g/mol. The van der Waals surface area contributed by atoms with Crippen molar-refractivity contribution >= 4 is 21.8 Å². The van der Waals surface area contributed by atoms with Crippen molar-refractivity contribution in [3.8, 4) is 0 Å². The van der Waals surface area contributed by atoms with Crippen LogP contribution in [-0.4, -0.2) is 17.4 Å². The highest BCUT2D eigenvalue weighted by Gasteiger charge is 2.01. The Morgan fingerprint density at radius 2 is 2.13 bits per heavy atom. The molecule has 3 nitrogen and oxygen atoms in total. The highest BCUT2D eigenvalue weighted by molar-refractivity contribution is 9.11. The van der Waals surface area contributed by atoms with Crippen LogP contribution in [0.4, 0.5) is 0 Å². The van der Waals surface area contributed by atoms with E-state index in [4.69, 9.17) is 0 Å². The predicted molar refractivity (Wildman–Crippen MR) is 63.6 cm³/mol. The van der Waals surface area contributed by atoms with Gasteiger partial charge in [-0.05, 0) is 24.1 Å². The Bertz CT molecular complexity index is 338. The van der Waals surface area contributed by atoms with Crippen LogP contribution in [0.1, 0.15) is 12.0 Å². The Kier molecular flexibility index (Phi) is 5.04. The number of rotatable bonds is 5. The van der Waals surface area contributed by atoms with Crippen molar-refractivity contribution in [2.24, 2.45) is 0 Å². The first-order valence-corrected chi connectivity index (χ1v) is 5.46. The van der Waals surface area contributed by atoms with Gasteiger partial charge in [-0.25, -0.2) is 0 Å². The molecule has 4 heteroatoms. The lowest BCUT2D eigenvalue weighted by molar-refractivity contribution is -0.120. The lowest BCUT2D eigenvalue weighted by Gasteiger charge is -2.03. The van der Waals surface area contributed by atoms with Crippen LogP contribution >= 0.6 is 15.9 Å². The lowest BCUT2D eigenvalue weighted by atomic mass is 10.1. The maximum atomic E-state index is 11.3. The summed E-state index contributed by atoms with van der Waals surface area (Å²) in [6.45, 7) is 4.12. The lowest BCUT2D eigenvalue weighted by Crippen LogP contribution is -2.24. The smallest absolute Gasteiger partial charge is 0.220 e. The third-order valence-corrected chi connectivity index (χ3v) is 2.15. The number of aromatic nitrogens is 1. The van der Waals surface area contributed by atoms with Crippen LogP contribution in [0.3, 0.4) is 0 Å². The van der Waals surface area contributed by atoms with Crippen molar-refractivity contribution in [3.63, 3.8) is 0 Å². The van der Waals surface area contributed by atoms with Gasteiger partial charge in [-0.15, -0.1) is 0 Å². The van der Waals surface area contributed by atoms with Crippen molar-refractivity contribution in [1.29, 1.82) is 0 Å². The van der Waals surface area contributed by atoms with Gasteiger partial charge in [0.05, 0.1) is 0 Å². The van der Waals surface area contributed by atoms with E-state index in [1.165, 1.54) is 0 Å². The van der Waals surface area contributed by atoms with E-state index in [0.717, 1.165) is 16.5 Å². The van der Waals surface area contributed by atoms with Gasteiger partial charge in [0.15, 0.2) is 0 Å². The number of hydrogen-bond donors (Lipinski definition) is 1. The molecule has 1 rings (SSSR count). The van der Waals surface area contributed by atoms with Gasteiger partial charge in [0.25, 0.3) is 0 Å². The van der Waals surface area contributed by atoms with E-state index in [1.807, 2.05) is 12.1 Å². The average molecular weight is 269 g/mol. The zero-order chi connectivity index (χ0) is 11.1. The van der Waals surface area contributed by atoms with Gasteiger partial charge in [0, 0.05) is 29.8 Å². The highest BCUT2D eigenvalue weighted by atomic mass is 79.9. The number of pyridine rings is 1. The van der Waals surface area contributed by atoms with Crippen molar-refractivity contribution in [1.82, 2.24) is 10.3 Å². The molecule has 0 radical (unpaired) electrons. The molecule has 1 N–H and O–H groups in total. The molecular formula is C11H13BrN2O. The molecule has 0 bridgehead atoms. The minimum absolute atomic E-state index is 0.0346. The second kappa shape index (κ2) is 6.35. The highest BCUT2D eigenvalue weighted by Crippen LogP contribution is 2.01. The minimum Gasteiger partial charge on any atom is -0.352 e. The van der Waals surface area contributed by atoms with Crippen LogP contribution < -0.4 is 5.32 Å². The Morgan fingerprint density at radius 3 is 2.73 bits per heavy atom. The van der Waals surface area contributed by atoms with Crippen LogP contribution in [0.25, 0.3) is 0 Å². The molecule has 1 aromatic heterocycles. The predicted octanol–water partition coefficient (Wildman–Crippen LogP) is 2.04. The fraction of sp³-hybridized carbons (Fsp3) is 0.273. The largest absolute Gasteiger partial charge is 0.352 e. The summed E-state index contributed by atoms with van der Waals surface area (Å²) >= 11 is 3.18. The summed E-state index contributed by atoms with van der Waals surface area (Å²) in [7, 11) is 0. The first-order chi connectivity index (χ1) is 7.18. The molecule has 0 saturated carbocycles. The second-order valence-electron chi connectivity index (χ2n) is 3.15. The van der Waals surface area contributed by atoms with Gasteiger partial charge in [-0.1, -0.05) is 22.5 Å². The number of nitrogens with zero attached hydrogens (tertiary/aromatic N) is 1. The van der Waals surface area contributed by atoms with Gasteiger partial charge in [-0.3, -0.25) is 9.78 Å². The van der Waals surface area contributed by atoms with Crippen molar-refractivity contribution in [3.05, 3.63) is 41.2 Å². The summed E-state index contributed by atoms with van der Waals surface area (Å²) in [5, 5.41) is 2.75. The number of hydrogen-bond acceptors (Lipinski definition) is 2. The average Bonchev–Trinajstić information content (AvgIpc) is 2.25. The number of amides is 1. The first-order valence-electron chi connectivity index (χ1n) is 4.67. The third-order valence-electron chi connectivity index (χ3n) is 1.87. The number of nitrogens with one attached hydrogen (secondary N) is 1. The minimum atomic E-state index is 0.0346. The molecule has 0 aliphatic heterocycles. The molecule has 0 fully saturated rings. The summed E-state index contributed by atoms with van der Waals surface area (Å²) in [5.41, 5.74) is 1.12. The summed E-state index contributed by atoms with van der Waals surface area (Å²) in [6.07, 6.45) is 4.69. The van der Waals surface area contributed by atoms with E-state index in [-0.39, 0.29) is 5.91 Å².